The molecule has 2 atom stereocenters. The van der Waals surface area contributed by atoms with Gasteiger partial charge in [-0.25, -0.2) is 9.97 Å². The molecule has 0 saturated carbocycles. The Kier molecular flexibility index (Phi) is 7.26. The molecule has 9 heteroatoms. The van der Waals surface area contributed by atoms with Crippen LogP contribution in [0.2, 0.25) is 0 Å². The standard InChI is InChI=1S/C30H39N7OS/c1-34-10-3-4-22(34)8-11-35-12-14-36(15-13-35)20-23-21-37(16-17-38-23)29-18-27-28(39-29)19-32-30(33-27)25-5-2-6-26-24(25)7-9-31-26/h2,5-7,9,18-19,22-23,31H,3-4,8,10-17,20-21H2,1H3. The van der Waals surface area contributed by atoms with Crippen LogP contribution in [0.25, 0.3) is 32.5 Å². The molecule has 1 aromatic carbocycles. The summed E-state index contributed by atoms with van der Waals surface area (Å²) in [4.78, 5) is 23.3. The number of piperazine rings is 1. The van der Waals surface area contributed by atoms with Crippen LogP contribution in [0.3, 0.4) is 0 Å². The molecular weight excluding hydrogens is 506 g/mol. The summed E-state index contributed by atoms with van der Waals surface area (Å²) >= 11 is 1.79. The van der Waals surface area contributed by atoms with Crippen molar-refractivity contribution in [3.63, 3.8) is 0 Å². The van der Waals surface area contributed by atoms with Gasteiger partial charge in [-0.2, -0.15) is 0 Å². The van der Waals surface area contributed by atoms with Crippen LogP contribution in [0.5, 0.6) is 0 Å². The number of benzene rings is 1. The van der Waals surface area contributed by atoms with Crippen LogP contribution in [-0.4, -0.2) is 114 Å². The monoisotopic (exact) mass is 545 g/mol. The number of aromatic nitrogens is 3. The second-order valence-electron chi connectivity index (χ2n) is 11.4. The molecule has 6 heterocycles. The van der Waals surface area contributed by atoms with Crippen LogP contribution in [0, 0.1) is 0 Å². The summed E-state index contributed by atoms with van der Waals surface area (Å²) in [5.74, 6) is 0.784. The maximum atomic E-state index is 6.24. The normalized spacial score (nSPS) is 23.9. The topological polar surface area (TPSA) is 63.8 Å². The zero-order valence-corrected chi connectivity index (χ0v) is 23.7. The summed E-state index contributed by atoms with van der Waals surface area (Å²) in [5, 5.41) is 2.43. The Morgan fingerprint density at radius 2 is 1.97 bits per heavy atom. The van der Waals surface area contributed by atoms with Gasteiger partial charge in [0.2, 0.25) is 0 Å². The van der Waals surface area contributed by atoms with Crippen molar-refractivity contribution in [3.8, 4) is 11.4 Å². The minimum absolute atomic E-state index is 0.246. The van der Waals surface area contributed by atoms with Gasteiger partial charge in [-0.15, -0.1) is 11.3 Å². The number of H-pyrrole nitrogens is 1. The van der Waals surface area contributed by atoms with Crippen molar-refractivity contribution in [1.29, 1.82) is 0 Å². The van der Waals surface area contributed by atoms with Crippen molar-refractivity contribution < 1.29 is 4.74 Å². The van der Waals surface area contributed by atoms with Gasteiger partial charge in [-0.1, -0.05) is 12.1 Å². The van der Waals surface area contributed by atoms with Gasteiger partial charge in [0.15, 0.2) is 5.82 Å². The Morgan fingerprint density at radius 1 is 1.08 bits per heavy atom. The molecular formula is C30H39N7OS. The molecule has 0 bridgehead atoms. The highest BCUT2D eigenvalue weighted by Crippen LogP contribution is 2.34. The smallest absolute Gasteiger partial charge is 0.160 e. The van der Waals surface area contributed by atoms with Gasteiger partial charge >= 0.3 is 0 Å². The maximum absolute atomic E-state index is 6.24. The summed E-state index contributed by atoms with van der Waals surface area (Å²) < 4.78 is 7.38. The molecule has 8 nitrogen and oxygen atoms in total. The Balaban J connectivity index is 0.958. The van der Waals surface area contributed by atoms with Crippen LogP contribution in [0.4, 0.5) is 5.00 Å². The van der Waals surface area contributed by atoms with E-state index in [2.05, 4.69) is 62.0 Å². The van der Waals surface area contributed by atoms with Crippen LogP contribution >= 0.6 is 11.3 Å². The molecule has 2 unspecified atom stereocenters. The number of ether oxygens (including phenoxy) is 1. The van der Waals surface area contributed by atoms with Gasteiger partial charge in [0.25, 0.3) is 0 Å². The number of nitrogens with one attached hydrogen (secondary N) is 1. The Bertz CT molecular complexity index is 1410. The first kappa shape index (κ1) is 25.4. The third kappa shape index (κ3) is 5.43. The number of aromatic amines is 1. The number of fused-ring (bicyclic) bond motifs is 2. The van der Waals surface area contributed by atoms with Crippen LogP contribution in [0.1, 0.15) is 19.3 Å². The van der Waals surface area contributed by atoms with E-state index in [0.717, 1.165) is 77.9 Å². The largest absolute Gasteiger partial charge is 0.373 e. The van der Waals surface area contributed by atoms with Gasteiger partial charge < -0.3 is 24.4 Å². The van der Waals surface area contributed by atoms with Crippen molar-refractivity contribution in [2.75, 3.05) is 77.5 Å². The number of likely N-dealkylation sites (tertiary alicyclic amines) is 1. The van der Waals surface area contributed by atoms with E-state index in [1.807, 2.05) is 12.4 Å². The lowest BCUT2D eigenvalue weighted by Crippen LogP contribution is -2.52. The van der Waals surface area contributed by atoms with E-state index in [0.29, 0.717) is 0 Å². The van der Waals surface area contributed by atoms with Gasteiger partial charge in [0, 0.05) is 80.7 Å². The highest BCUT2D eigenvalue weighted by Gasteiger charge is 2.27. The number of hydrogen-bond donors (Lipinski definition) is 1. The average Bonchev–Trinajstić information content (AvgIpc) is 3.72. The lowest BCUT2D eigenvalue weighted by atomic mass is 10.1. The molecule has 1 N–H and O–H groups in total. The number of morpholine rings is 1. The second kappa shape index (κ2) is 11.1. The fraction of sp³-hybridized carbons (Fsp3) is 0.533. The molecule has 0 radical (unpaired) electrons. The minimum atomic E-state index is 0.246. The molecule has 3 fully saturated rings. The average molecular weight is 546 g/mol. The van der Waals surface area contributed by atoms with E-state index in [9.17, 15) is 0 Å². The van der Waals surface area contributed by atoms with Crippen molar-refractivity contribution in [2.45, 2.75) is 31.4 Å². The first-order valence-electron chi connectivity index (χ1n) is 14.5. The lowest BCUT2D eigenvalue weighted by Gasteiger charge is -2.39. The van der Waals surface area contributed by atoms with E-state index >= 15 is 0 Å². The van der Waals surface area contributed by atoms with Crippen molar-refractivity contribution in [1.82, 2.24) is 29.7 Å². The van der Waals surface area contributed by atoms with Gasteiger partial charge in [0.1, 0.15) is 0 Å². The number of nitrogens with zero attached hydrogens (tertiary/aromatic N) is 6. The predicted octanol–water partition coefficient (Wildman–Crippen LogP) is 4.15. The first-order valence-corrected chi connectivity index (χ1v) is 15.4. The Morgan fingerprint density at radius 3 is 2.85 bits per heavy atom. The summed E-state index contributed by atoms with van der Waals surface area (Å²) in [5.41, 5.74) is 3.20. The number of anilines is 1. The molecule has 206 valence electrons. The first-order chi connectivity index (χ1) is 19.2. The van der Waals surface area contributed by atoms with Gasteiger partial charge in [0.05, 0.1) is 27.9 Å². The molecule has 3 aromatic heterocycles. The second-order valence-corrected chi connectivity index (χ2v) is 12.5. The molecule has 3 saturated heterocycles. The van der Waals surface area contributed by atoms with Crippen LogP contribution in [-0.2, 0) is 4.74 Å². The molecule has 3 aliphatic heterocycles. The van der Waals surface area contributed by atoms with E-state index in [4.69, 9.17) is 14.7 Å². The summed E-state index contributed by atoms with van der Waals surface area (Å²) in [6, 6.07) is 11.4. The van der Waals surface area contributed by atoms with Crippen LogP contribution < -0.4 is 4.90 Å². The van der Waals surface area contributed by atoms with Crippen molar-refractivity contribution >= 4 is 37.5 Å². The number of rotatable bonds is 7. The van der Waals surface area contributed by atoms with E-state index in [1.165, 1.54) is 50.4 Å². The zero-order valence-electron chi connectivity index (χ0n) is 22.9. The summed E-state index contributed by atoms with van der Waals surface area (Å²) in [6.07, 6.45) is 8.27. The molecule has 0 amide bonds. The molecule has 4 aromatic rings. The summed E-state index contributed by atoms with van der Waals surface area (Å²) in [7, 11) is 2.29. The molecule has 7 rings (SSSR count). The quantitative estimate of drug-likeness (QED) is 0.374. The molecule has 0 aliphatic carbocycles. The summed E-state index contributed by atoms with van der Waals surface area (Å²) in [6.45, 7) is 10.8. The van der Waals surface area contributed by atoms with E-state index < -0.39 is 0 Å². The zero-order chi connectivity index (χ0) is 26.2. The van der Waals surface area contributed by atoms with E-state index in [-0.39, 0.29) is 6.10 Å². The van der Waals surface area contributed by atoms with Gasteiger partial charge in [-0.3, -0.25) is 4.90 Å². The fourth-order valence-electron chi connectivity index (χ4n) is 6.58. The third-order valence-electron chi connectivity index (χ3n) is 8.92. The SMILES string of the molecule is CN1CCCC1CCN1CCN(CC2CN(c3cc4nc(-c5cccc6[nH]ccc56)ncc4s3)CCO2)CC1. The molecule has 39 heavy (non-hydrogen) atoms. The lowest BCUT2D eigenvalue weighted by molar-refractivity contribution is 0.00460. The number of hydrogen-bond acceptors (Lipinski definition) is 8. The van der Waals surface area contributed by atoms with E-state index in [1.54, 1.807) is 11.3 Å². The predicted molar refractivity (Wildman–Crippen MR) is 160 cm³/mol. The van der Waals surface area contributed by atoms with Crippen LogP contribution in [0.15, 0.2) is 42.7 Å². The molecule has 3 aliphatic rings. The van der Waals surface area contributed by atoms with Gasteiger partial charge in [-0.05, 0) is 57.6 Å². The highest BCUT2D eigenvalue weighted by atomic mass is 32.1. The molecule has 0 spiro atoms. The Hall–Kier alpha value is -2.56. The van der Waals surface area contributed by atoms with Crippen molar-refractivity contribution in [2.24, 2.45) is 0 Å². The minimum Gasteiger partial charge on any atom is -0.373 e. The van der Waals surface area contributed by atoms with Crippen molar-refractivity contribution in [3.05, 3.63) is 42.7 Å². The fourth-order valence-corrected chi connectivity index (χ4v) is 7.59. The number of thiophene rings is 1. The third-order valence-corrected chi connectivity index (χ3v) is 10.0. The maximum Gasteiger partial charge on any atom is 0.160 e. The highest BCUT2D eigenvalue weighted by molar-refractivity contribution is 7.22. The Labute approximate surface area is 234 Å².